The number of rotatable bonds is 5. The van der Waals surface area contributed by atoms with E-state index in [1.54, 1.807) is 6.26 Å². The van der Waals surface area contributed by atoms with E-state index in [9.17, 15) is 0 Å². The predicted molar refractivity (Wildman–Crippen MR) is 76.1 cm³/mol. The molecule has 21 heavy (non-hydrogen) atoms. The fourth-order valence-electron chi connectivity index (χ4n) is 2.09. The van der Waals surface area contributed by atoms with Crippen molar-refractivity contribution in [3.8, 4) is 11.6 Å². The second-order valence-electron chi connectivity index (χ2n) is 5.00. The molecule has 3 heterocycles. The van der Waals surface area contributed by atoms with Crippen molar-refractivity contribution in [2.75, 3.05) is 7.05 Å². The van der Waals surface area contributed by atoms with Gasteiger partial charge in [-0.25, -0.2) is 9.97 Å². The Kier molecular flexibility index (Phi) is 3.79. The lowest BCUT2D eigenvalue weighted by molar-refractivity contribution is 0.265. The van der Waals surface area contributed by atoms with Gasteiger partial charge in [-0.1, -0.05) is 5.16 Å². The minimum Gasteiger partial charge on any atom is -0.461 e. The Morgan fingerprint density at radius 1 is 1.19 bits per heavy atom. The van der Waals surface area contributed by atoms with Crippen LogP contribution in [0.4, 0.5) is 0 Å². The van der Waals surface area contributed by atoms with Gasteiger partial charge in [-0.15, -0.1) is 0 Å². The molecule has 6 nitrogen and oxygen atoms in total. The van der Waals surface area contributed by atoms with Gasteiger partial charge in [-0.05, 0) is 26.1 Å². The number of aromatic nitrogens is 3. The normalized spacial score (nSPS) is 11.2. The van der Waals surface area contributed by atoms with E-state index in [0.717, 1.165) is 23.6 Å². The van der Waals surface area contributed by atoms with Gasteiger partial charge >= 0.3 is 0 Å². The summed E-state index contributed by atoms with van der Waals surface area (Å²) in [6.45, 7) is 3.34. The Morgan fingerprint density at radius 2 is 2.00 bits per heavy atom. The van der Waals surface area contributed by atoms with Crippen molar-refractivity contribution < 1.29 is 8.94 Å². The molecule has 0 bridgehead atoms. The minimum absolute atomic E-state index is 0.595. The van der Waals surface area contributed by atoms with E-state index in [4.69, 9.17) is 8.94 Å². The summed E-state index contributed by atoms with van der Waals surface area (Å²) in [5.74, 6) is 2.12. The van der Waals surface area contributed by atoms with E-state index >= 15 is 0 Å². The molecule has 0 aliphatic rings. The summed E-state index contributed by atoms with van der Waals surface area (Å²) < 4.78 is 10.5. The zero-order valence-electron chi connectivity index (χ0n) is 12.0. The molecule has 0 fully saturated rings. The molecule has 6 heteroatoms. The molecule has 3 rings (SSSR count). The monoisotopic (exact) mass is 284 g/mol. The maximum Gasteiger partial charge on any atom is 0.195 e. The van der Waals surface area contributed by atoms with E-state index < -0.39 is 0 Å². The van der Waals surface area contributed by atoms with Gasteiger partial charge in [0.05, 0.1) is 18.5 Å². The van der Waals surface area contributed by atoms with Crippen LogP contribution in [0.1, 0.15) is 17.0 Å². The van der Waals surface area contributed by atoms with Gasteiger partial charge in [0.2, 0.25) is 0 Å². The van der Waals surface area contributed by atoms with Crippen LogP contribution in [0, 0.1) is 6.92 Å². The largest absolute Gasteiger partial charge is 0.461 e. The van der Waals surface area contributed by atoms with Crippen molar-refractivity contribution in [3.05, 3.63) is 53.9 Å². The zero-order chi connectivity index (χ0) is 14.7. The molecule has 0 amide bonds. The van der Waals surface area contributed by atoms with Crippen LogP contribution in [0.2, 0.25) is 0 Å². The van der Waals surface area contributed by atoms with Crippen LogP contribution in [0.3, 0.4) is 0 Å². The molecule has 0 aliphatic carbocycles. The van der Waals surface area contributed by atoms with Crippen LogP contribution in [0.25, 0.3) is 11.6 Å². The molecular weight excluding hydrogens is 268 g/mol. The zero-order valence-corrected chi connectivity index (χ0v) is 12.0. The van der Waals surface area contributed by atoms with Crippen LogP contribution in [0.5, 0.6) is 0 Å². The van der Waals surface area contributed by atoms with Crippen molar-refractivity contribution in [2.45, 2.75) is 20.0 Å². The Balaban J connectivity index is 1.62. The summed E-state index contributed by atoms with van der Waals surface area (Å²) in [7, 11) is 2.01. The molecule has 0 atom stereocenters. The van der Waals surface area contributed by atoms with Crippen LogP contribution < -0.4 is 0 Å². The van der Waals surface area contributed by atoms with Crippen molar-refractivity contribution in [2.24, 2.45) is 0 Å². The third-order valence-electron chi connectivity index (χ3n) is 3.00. The smallest absolute Gasteiger partial charge is 0.195 e. The lowest BCUT2D eigenvalue weighted by Crippen LogP contribution is -2.17. The average Bonchev–Trinajstić information content (AvgIpc) is 3.11. The summed E-state index contributed by atoms with van der Waals surface area (Å²) in [5, 5.41) is 3.88. The first kappa shape index (κ1) is 13.5. The fourth-order valence-corrected chi connectivity index (χ4v) is 2.09. The summed E-state index contributed by atoms with van der Waals surface area (Å²) in [5.41, 5.74) is 1.92. The average molecular weight is 284 g/mol. The highest BCUT2D eigenvalue weighted by molar-refractivity contribution is 5.45. The number of hydrogen-bond donors (Lipinski definition) is 0. The van der Waals surface area contributed by atoms with E-state index in [2.05, 4.69) is 20.0 Å². The fraction of sp³-hybridized carbons (Fsp3) is 0.267. The van der Waals surface area contributed by atoms with Crippen molar-refractivity contribution in [1.29, 1.82) is 0 Å². The number of nitrogens with zero attached hydrogens (tertiary/aromatic N) is 4. The van der Waals surface area contributed by atoms with Gasteiger partial charge in [0, 0.05) is 30.6 Å². The molecule has 0 aliphatic heterocycles. The Hall–Kier alpha value is -2.47. The lowest BCUT2D eigenvalue weighted by atomic mass is 10.3. The van der Waals surface area contributed by atoms with E-state index in [-0.39, 0.29) is 0 Å². The Bertz CT molecular complexity index is 689. The van der Waals surface area contributed by atoms with Crippen LogP contribution in [-0.2, 0) is 13.1 Å². The van der Waals surface area contributed by atoms with Crippen LogP contribution in [-0.4, -0.2) is 27.1 Å². The van der Waals surface area contributed by atoms with E-state index in [0.29, 0.717) is 18.1 Å². The first-order valence-corrected chi connectivity index (χ1v) is 6.66. The van der Waals surface area contributed by atoms with Gasteiger partial charge in [-0.2, -0.15) is 0 Å². The van der Waals surface area contributed by atoms with Gasteiger partial charge < -0.3 is 8.94 Å². The molecule has 0 aromatic carbocycles. The third-order valence-corrected chi connectivity index (χ3v) is 3.00. The molecule has 0 saturated heterocycles. The summed E-state index contributed by atoms with van der Waals surface area (Å²) in [6.07, 6.45) is 5.24. The molecule has 0 N–H and O–H groups in total. The van der Waals surface area contributed by atoms with Crippen molar-refractivity contribution in [1.82, 2.24) is 20.0 Å². The number of aryl methyl sites for hydroxylation is 1. The highest BCUT2D eigenvalue weighted by Gasteiger charge is 2.08. The second kappa shape index (κ2) is 5.88. The SMILES string of the molecule is Cc1cc(CN(C)Cc2cnc(-c3ccco3)nc2)on1. The molecule has 0 spiro atoms. The van der Waals surface area contributed by atoms with Crippen LogP contribution >= 0.6 is 0 Å². The molecule has 0 unspecified atom stereocenters. The molecule has 0 saturated carbocycles. The standard InChI is InChI=1S/C15H16N4O2/c1-11-6-13(21-18-11)10-19(2)9-12-7-16-15(17-8-12)14-4-3-5-20-14/h3-8H,9-10H2,1-2H3. The topological polar surface area (TPSA) is 68.2 Å². The minimum atomic E-state index is 0.595. The highest BCUT2D eigenvalue weighted by Crippen LogP contribution is 2.15. The van der Waals surface area contributed by atoms with Gasteiger partial charge in [0.25, 0.3) is 0 Å². The summed E-state index contributed by atoms with van der Waals surface area (Å²) in [6, 6.07) is 5.60. The molecular formula is C15H16N4O2. The van der Waals surface area contributed by atoms with Gasteiger partial charge in [-0.3, -0.25) is 4.90 Å². The molecule has 108 valence electrons. The first-order valence-electron chi connectivity index (χ1n) is 6.66. The molecule has 3 aromatic rings. The van der Waals surface area contributed by atoms with Crippen molar-refractivity contribution >= 4 is 0 Å². The highest BCUT2D eigenvalue weighted by atomic mass is 16.5. The molecule has 0 radical (unpaired) electrons. The Morgan fingerprint density at radius 3 is 2.62 bits per heavy atom. The third kappa shape index (κ3) is 3.35. The predicted octanol–water partition coefficient (Wildman–Crippen LogP) is 2.67. The van der Waals surface area contributed by atoms with Gasteiger partial charge in [0.1, 0.15) is 0 Å². The maximum absolute atomic E-state index is 5.27. The summed E-state index contributed by atoms with van der Waals surface area (Å²) in [4.78, 5) is 10.8. The van der Waals surface area contributed by atoms with Crippen molar-refractivity contribution in [3.63, 3.8) is 0 Å². The molecule has 3 aromatic heterocycles. The second-order valence-corrected chi connectivity index (χ2v) is 5.00. The number of furan rings is 1. The summed E-state index contributed by atoms with van der Waals surface area (Å²) >= 11 is 0. The van der Waals surface area contributed by atoms with Gasteiger partial charge in [0.15, 0.2) is 17.3 Å². The van der Waals surface area contributed by atoms with Crippen LogP contribution in [0.15, 0.2) is 45.8 Å². The van der Waals surface area contributed by atoms with E-state index in [1.807, 2.05) is 44.6 Å². The van der Waals surface area contributed by atoms with E-state index in [1.165, 1.54) is 0 Å². The quantitative estimate of drug-likeness (QED) is 0.717. The maximum atomic E-state index is 5.27. The Labute approximate surface area is 122 Å². The number of hydrogen-bond acceptors (Lipinski definition) is 6. The lowest BCUT2D eigenvalue weighted by Gasteiger charge is -2.14. The first-order chi connectivity index (χ1) is 10.2.